The SMILES string of the molecule is O=C(O)C1CCn2c1nc1c(Cl)cccc12. The molecule has 0 saturated carbocycles. The zero-order chi connectivity index (χ0) is 11.3. The number of carbonyl (C=O) groups is 1. The molecule has 0 saturated heterocycles. The van der Waals surface area contributed by atoms with Crippen molar-refractivity contribution in [3.8, 4) is 0 Å². The largest absolute Gasteiger partial charge is 0.481 e. The van der Waals surface area contributed by atoms with Crippen LogP contribution in [0.1, 0.15) is 18.2 Å². The van der Waals surface area contributed by atoms with Crippen molar-refractivity contribution in [2.24, 2.45) is 0 Å². The normalized spacial score (nSPS) is 18.9. The average molecular weight is 237 g/mol. The first-order valence-corrected chi connectivity index (χ1v) is 5.43. The van der Waals surface area contributed by atoms with Crippen LogP contribution < -0.4 is 0 Å². The number of para-hydroxylation sites is 1. The van der Waals surface area contributed by atoms with Gasteiger partial charge in [-0.1, -0.05) is 17.7 Å². The molecule has 82 valence electrons. The predicted molar refractivity (Wildman–Crippen MR) is 59.7 cm³/mol. The smallest absolute Gasteiger partial charge is 0.314 e. The van der Waals surface area contributed by atoms with Gasteiger partial charge in [0.1, 0.15) is 17.3 Å². The molecule has 0 spiro atoms. The Balaban J connectivity index is 2.28. The summed E-state index contributed by atoms with van der Waals surface area (Å²) in [7, 11) is 0. The second kappa shape index (κ2) is 3.22. The maximum absolute atomic E-state index is 11.0. The van der Waals surface area contributed by atoms with E-state index in [0.29, 0.717) is 29.3 Å². The summed E-state index contributed by atoms with van der Waals surface area (Å²) >= 11 is 6.03. The highest BCUT2D eigenvalue weighted by atomic mass is 35.5. The van der Waals surface area contributed by atoms with E-state index < -0.39 is 11.9 Å². The van der Waals surface area contributed by atoms with Crippen LogP contribution in [0.5, 0.6) is 0 Å². The fourth-order valence-corrected chi connectivity index (χ4v) is 2.46. The molecule has 1 aromatic heterocycles. The van der Waals surface area contributed by atoms with Gasteiger partial charge in [-0.15, -0.1) is 0 Å². The van der Waals surface area contributed by atoms with Gasteiger partial charge >= 0.3 is 5.97 Å². The van der Waals surface area contributed by atoms with Crippen LogP contribution in [0, 0.1) is 0 Å². The van der Waals surface area contributed by atoms with E-state index >= 15 is 0 Å². The van der Waals surface area contributed by atoms with Crippen LogP contribution in [0.4, 0.5) is 0 Å². The zero-order valence-electron chi connectivity index (χ0n) is 8.35. The van der Waals surface area contributed by atoms with Gasteiger partial charge in [-0.2, -0.15) is 0 Å². The first-order valence-electron chi connectivity index (χ1n) is 5.06. The Kier molecular flexibility index (Phi) is 1.94. The summed E-state index contributed by atoms with van der Waals surface area (Å²) in [5, 5.41) is 9.64. The number of hydrogen-bond acceptors (Lipinski definition) is 2. The number of carboxylic acids is 1. The summed E-state index contributed by atoms with van der Waals surface area (Å²) in [6.45, 7) is 0.698. The number of benzene rings is 1. The zero-order valence-corrected chi connectivity index (χ0v) is 9.11. The molecule has 1 N–H and O–H groups in total. The van der Waals surface area contributed by atoms with Gasteiger partial charge in [0, 0.05) is 6.54 Å². The molecule has 2 heterocycles. The number of aromatic nitrogens is 2. The van der Waals surface area contributed by atoms with Gasteiger partial charge in [0.25, 0.3) is 0 Å². The van der Waals surface area contributed by atoms with Crippen molar-refractivity contribution in [3.05, 3.63) is 29.0 Å². The van der Waals surface area contributed by atoms with Crippen LogP contribution in [0.2, 0.25) is 5.02 Å². The van der Waals surface area contributed by atoms with Crippen molar-refractivity contribution < 1.29 is 9.90 Å². The highest BCUT2D eigenvalue weighted by molar-refractivity contribution is 6.34. The summed E-state index contributed by atoms with van der Waals surface area (Å²) in [5.41, 5.74) is 1.62. The Morgan fingerprint density at radius 1 is 1.56 bits per heavy atom. The lowest BCUT2D eigenvalue weighted by Gasteiger charge is -1.98. The molecule has 16 heavy (non-hydrogen) atoms. The third kappa shape index (κ3) is 1.16. The standard InChI is InChI=1S/C11H9ClN2O2/c12-7-2-1-3-8-9(7)13-10-6(11(15)16)4-5-14(8)10/h1-3,6H,4-5H2,(H,15,16). The van der Waals surface area contributed by atoms with E-state index in [4.69, 9.17) is 16.7 Å². The number of hydrogen-bond donors (Lipinski definition) is 1. The Bertz CT molecular complexity index is 591. The lowest BCUT2D eigenvalue weighted by Crippen LogP contribution is -2.08. The maximum Gasteiger partial charge on any atom is 0.314 e. The summed E-state index contributed by atoms with van der Waals surface area (Å²) in [6, 6.07) is 5.54. The molecule has 1 aliphatic heterocycles. The molecule has 4 nitrogen and oxygen atoms in total. The number of aliphatic carboxylic acids is 1. The van der Waals surface area contributed by atoms with E-state index in [0.717, 1.165) is 5.52 Å². The van der Waals surface area contributed by atoms with E-state index in [1.807, 2.05) is 16.7 Å². The second-order valence-electron chi connectivity index (χ2n) is 3.91. The minimum atomic E-state index is -0.815. The second-order valence-corrected chi connectivity index (χ2v) is 4.32. The Hall–Kier alpha value is -1.55. The van der Waals surface area contributed by atoms with Crippen molar-refractivity contribution in [1.29, 1.82) is 0 Å². The molecule has 1 aliphatic rings. The molecule has 0 bridgehead atoms. The number of imidazole rings is 1. The van der Waals surface area contributed by atoms with Crippen molar-refractivity contribution in [2.75, 3.05) is 0 Å². The first-order chi connectivity index (χ1) is 7.68. The molecule has 1 unspecified atom stereocenters. The van der Waals surface area contributed by atoms with Crippen LogP contribution in [-0.2, 0) is 11.3 Å². The molecular weight excluding hydrogens is 228 g/mol. The van der Waals surface area contributed by atoms with Gasteiger partial charge in [0.15, 0.2) is 0 Å². The van der Waals surface area contributed by atoms with Crippen molar-refractivity contribution in [2.45, 2.75) is 18.9 Å². The predicted octanol–water partition coefficient (Wildman–Crippen LogP) is 2.26. The third-order valence-corrected chi connectivity index (χ3v) is 3.32. The molecule has 2 aromatic rings. The van der Waals surface area contributed by atoms with Crippen LogP contribution in [0.15, 0.2) is 18.2 Å². The Morgan fingerprint density at radius 3 is 3.12 bits per heavy atom. The molecule has 0 radical (unpaired) electrons. The summed E-state index contributed by atoms with van der Waals surface area (Å²) < 4.78 is 1.94. The third-order valence-electron chi connectivity index (χ3n) is 3.01. The van der Waals surface area contributed by atoms with Gasteiger partial charge in [-0.3, -0.25) is 4.79 Å². The first kappa shape index (κ1) is 9.66. The Morgan fingerprint density at radius 2 is 2.38 bits per heavy atom. The average Bonchev–Trinajstić information content (AvgIpc) is 2.76. The van der Waals surface area contributed by atoms with E-state index in [2.05, 4.69) is 4.98 Å². The highest BCUT2D eigenvalue weighted by Gasteiger charge is 2.32. The van der Waals surface area contributed by atoms with Gasteiger partial charge in [-0.05, 0) is 18.6 Å². The molecule has 0 aliphatic carbocycles. The number of nitrogens with zero attached hydrogens (tertiary/aromatic N) is 2. The molecule has 0 amide bonds. The number of rotatable bonds is 1. The molecule has 1 aromatic carbocycles. The lowest BCUT2D eigenvalue weighted by atomic mass is 10.1. The topological polar surface area (TPSA) is 55.1 Å². The van der Waals surface area contributed by atoms with E-state index in [1.54, 1.807) is 6.07 Å². The van der Waals surface area contributed by atoms with Gasteiger partial charge in [-0.25, -0.2) is 4.98 Å². The van der Waals surface area contributed by atoms with Gasteiger partial charge < -0.3 is 9.67 Å². The minimum absolute atomic E-state index is 0.497. The molecular formula is C11H9ClN2O2. The molecule has 5 heteroatoms. The number of carboxylic acid groups (broad SMARTS) is 1. The maximum atomic E-state index is 11.0. The number of aryl methyl sites for hydroxylation is 1. The highest BCUT2D eigenvalue weighted by Crippen LogP contribution is 2.33. The van der Waals surface area contributed by atoms with Gasteiger partial charge in [0.05, 0.1) is 10.5 Å². The van der Waals surface area contributed by atoms with Gasteiger partial charge in [0.2, 0.25) is 0 Å². The van der Waals surface area contributed by atoms with Crippen LogP contribution >= 0.6 is 11.6 Å². The fraction of sp³-hybridized carbons (Fsp3) is 0.273. The quantitative estimate of drug-likeness (QED) is 0.826. The Labute approximate surface area is 96.5 Å². The van der Waals surface area contributed by atoms with E-state index in [9.17, 15) is 4.79 Å². The van der Waals surface area contributed by atoms with Crippen LogP contribution in [0.25, 0.3) is 11.0 Å². The molecule has 0 fully saturated rings. The van der Waals surface area contributed by atoms with Crippen molar-refractivity contribution in [1.82, 2.24) is 9.55 Å². The number of fused-ring (bicyclic) bond motifs is 3. The van der Waals surface area contributed by atoms with E-state index in [-0.39, 0.29) is 0 Å². The van der Waals surface area contributed by atoms with Crippen molar-refractivity contribution >= 4 is 28.6 Å². The monoisotopic (exact) mass is 236 g/mol. The molecule has 3 rings (SSSR count). The lowest BCUT2D eigenvalue weighted by molar-refractivity contribution is -0.138. The van der Waals surface area contributed by atoms with Crippen LogP contribution in [0.3, 0.4) is 0 Å². The van der Waals surface area contributed by atoms with Crippen molar-refractivity contribution in [3.63, 3.8) is 0 Å². The summed E-state index contributed by atoms with van der Waals surface area (Å²) in [4.78, 5) is 15.4. The van der Waals surface area contributed by atoms with E-state index in [1.165, 1.54) is 0 Å². The molecule has 1 atom stereocenters. The van der Waals surface area contributed by atoms with Crippen LogP contribution in [-0.4, -0.2) is 20.6 Å². The minimum Gasteiger partial charge on any atom is -0.481 e. The fourth-order valence-electron chi connectivity index (χ4n) is 2.25. The number of halogens is 1. The summed E-state index contributed by atoms with van der Waals surface area (Å²) in [5.74, 6) is -0.691. The summed E-state index contributed by atoms with van der Waals surface area (Å²) in [6.07, 6.45) is 0.611.